The standard InChI is InChI=1S/C13H18N2O/c1-2-13(16)15-12-6-4-9-3-5-11(14)7-10(9)8-12/h3,5,7,12H,2,4,6,8,14H2,1H3,(H,15,16). The number of aryl methyl sites for hydroxylation is 1. The second-order valence-corrected chi connectivity index (χ2v) is 4.39. The van der Waals surface area contributed by atoms with E-state index in [1.807, 2.05) is 19.1 Å². The van der Waals surface area contributed by atoms with Crippen molar-refractivity contribution < 1.29 is 4.79 Å². The summed E-state index contributed by atoms with van der Waals surface area (Å²) >= 11 is 0. The molecule has 86 valence electrons. The van der Waals surface area contributed by atoms with E-state index in [1.165, 1.54) is 11.1 Å². The van der Waals surface area contributed by atoms with Crippen LogP contribution in [0.3, 0.4) is 0 Å². The highest BCUT2D eigenvalue weighted by Gasteiger charge is 2.19. The number of rotatable bonds is 2. The lowest BCUT2D eigenvalue weighted by Crippen LogP contribution is -2.38. The smallest absolute Gasteiger partial charge is 0.219 e. The molecular weight excluding hydrogens is 200 g/mol. The first kappa shape index (κ1) is 11.0. The molecule has 3 nitrogen and oxygen atoms in total. The molecule has 1 amide bonds. The van der Waals surface area contributed by atoms with Crippen molar-refractivity contribution in [2.24, 2.45) is 0 Å². The SMILES string of the molecule is CCC(=O)NC1CCc2ccc(N)cc2C1. The molecule has 0 fully saturated rings. The summed E-state index contributed by atoms with van der Waals surface area (Å²) in [6.07, 6.45) is 3.53. The highest BCUT2D eigenvalue weighted by Crippen LogP contribution is 2.23. The molecule has 0 bridgehead atoms. The van der Waals surface area contributed by atoms with Crippen LogP contribution in [0.2, 0.25) is 0 Å². The maximum absolute atomic E-state index is 11.3. The summed E-state index contributed by atoms with van der Waals surface area (Å²) in [7, 11) is 0. The van der Waals surface area contributed by atoms with E-state index in [-0.39, 0.29) is 11.9 Å². The molecule has 3 heteroatoms. The Balaban J connectivity index is 2.08. The first-order valence-electron chi connectivity index (χ1n) is 5.85. The molecule has 16 heavy (non-hydrogen) atoms. The van der Waals surface area contributed by atoms with E-state index in [0.29, 0.717) is 6.42 Å². The van der Waals surface area contributed by atoms with Crippen LogP contribution in [0.15, 0.2) is 18.2 Å². The lowest BCUT2D eigenvalue weighted by molar-refractivity contribution is -0.121. The van der Waals surface area contributed by atoms with Crippen molar-refractivity contribution in [2.45, 2.75) is 38.6 Å². The van der Waals surface area contributed by atoms with Gasteiger partial charge in [-0.25, -0.2) is 0 Å². The average Bonchev–Trinajstić information content (AvgIpc) is 2.28. The number of fused-ring (bicyclic) bond motifs is 1. The normalized spacial score (nSPS) is 18.9. The number of nitrogens with two attached hydrogens (primary N) is 1. The molecule has 1 atom stereocenters. The number of nitrogens with one attached hydrogen (secondary N) is 1. The number of nitrogen functional groups attached to an aromatic ring is 1. The van der Waals surface area contributed by atoms with Crippen LogP contribution < -0.4 is 11.1 Å². The minimum Gasteiger partial charge on any atom is -0.399 e. The number of hydrogen-bond donors (Lipinski definition) is 2. The zero-order valence-corrected chi connectivity index (χ0v) is 9.62. The largest absolute Gasteiger partial charge is 0.399 e. The molecule has 2 rings (SSSR count). The second kappa shape index (κ2) is 4.56. The minimum absolute atomic E-state index is 0.136. The Morgan fingerprint density at radius 3 is 3.06 bits per heavy atom. The van der Waals surface area contributed by atoms with Crippen molar-refractivity contribution >= 4 is 11.6 Å². The molecule has 3 N–H and O–H groups in total. The summed E-state index contributed by atoms with van der Waals surface area (Å²) in [5.41, 5.74) is 9.23. The van der Waals surface area contributed by atoms with Gasteiger partial charge in [0.2, 0.25) is 5.91 Å². The fraction of sp³-hybridized carbons (Fsp3) is 0.462. The third kappa shape index (κ3) is 2.35. The molecule has 1 aromatic rings. The van der Waals surface area contributed by atoms with Crippen LogP contribution in [0.4, 0.5) is 5.69 Å². The zero-order valence-electron chi connectivity index (χ0n) is 9.62. The van der Waals surface area contributed by atoms with E-state index in [2.05, 4.69) is 11.4 Å². The fourth-order valence-electron chi connectivity index (χ4n) is 2.23. The van der Waals surface area contributed by atoms with Crippen molar-refractivity contribution in [3.05, 3.63) is 29.3 Å². The number of carbonyl (C=O) groups is 1. The molecule has 1 aliphatic carbocycles. The van der Waals surface area contributed by atoms with Crippen LogP contribution in [0.25, 0.3) is 0 Å². The highest BCUT2D eigenvalue weighted by molar-refractivity contribution is 5.75. The van der Waals surface area contributed by atoms with Gasteiger partial charge in [0, 0.05) is 18.2 Å². The molecule has 0 aliphatic heterocycles. The third-order valence-corrected chi connectivity index (χ3v) is 3.14. The Morgan fingerprint density at radius 1 is 1.50 bits per heavy atom. The van der Waals surface area contributed by atoms with Crippen LogP contribution in [-0.2, 0) is 17.6 Å². The van der Waals surface area contributed by atoms with Gasteiger partial charge in [-0.15, -0.1) is 0 Å². The monoisotopic (exact) mass is 218 g/mol. The molecule has 0 saturated carbocycles. The Labute approximate surface area is 96.0 Å². The van der Waals surface area contributed by atoms with Gasteiger partial charge in [0.1, 0.15) is 0 Å². The summed E-state index contributed by atoms with van der Waals surface area (Å²) in [6.45, 7) is 1.88. The number of carbonyl (C=O) groups excluding carboxylic acids is 1. The third-order valence-electron chi connectivity index (χ3n) is 3.14. The molecule has 0 saturated heterocycles. The Bertz CT molecular complexity index is 401. The predicted octanol–water partition coefficient (Wildman–Crippen LogP) is 1.65. The van der Waals surface area contributed by atoms with Crippen LogP contribution in [0, 0.1) is 0 Å². The number of anilines is 1. The van der Waals surface area contributed by atoms with Gasteiger partial charge in [0.05, 0.1) is 0 Å². The molecular formula is C13H18N2O. The first-order chi connectivity index (χ1) is 7.69. The lowest BCUT2D eigenvalue weighted by Gasteiger charge is -2.25. The van der Waals surface area contributed by atoms with E-state index in [9.17, 15) is 4.79 Å². The van der Waals surface area contributed by atoms with Crippen molar-refractivity contribution in [1.82, 2.24) is 5.32 Å². The topological polar surface area (TPSA) is 55.1 Å². The molecule has 1 aliphatic rings. The van der Waals surface area contributed by atoms with Crippen molar-refractivity contribution in [2.75, 3.05) is 5.73 Å². The first-order valence-corrected chi connectivity index (χ1v) is 5.85. The summed E-state index contributed by atoms with van der Waals surface area (Å²) in [4.78, 5) is 11.3. The van der Waals surface area contributed by atoms with Gasteiger partial charge in [-0.05, 0) is 42.5 Å². The van der Waals surface area contributed by atoms with Crippen LogP contribution in [0.5, 0.6) is 0 Å². The fourth-order valence-corrected chi connectivity index (χ4v) is 2.23. The molecule has 0 radical (unpaired) electrons. The van der Waals surface area contributed by atoms with Gasteiger partial charge in [-0.1, -0.05) is 13.0 Å². The van der Waals surface area contributed by atoms with Crippen molar-refractivity contribution in [1.29, 1.82) is 0 Å². The Kier molecular flexibility index (Phi) is 3.13. The quantitative estimate of drug-likeness (QED) is 0.742. The van der Waals surface area contributed by atoms with E-state index in [4.69, 9.17) is 5.73 Å². The summed E-state index contributed by atoms with van der Waals surface area (Å²) in [6, 6.07) is 6.35. The molecule has 1 unspecified atom stereocenters. The maximum atomic E-state index is 11.3. The van der Waals surface area contributed by atoms with E-state index in [1.54, 1.807) is 0 Å². The number of benzene rings is 1. The van der Waals surface area contributed by atoms with Crippen molar-refractivity contribution in [3.63, 3.8) is 0 Å². The summed E-state index contributed by atoms with van der Waals surface area (Å²) < 4.78 is 0. The molecule has 0 spiro atoms. The second-order valence-electron chi connectivity index (χ2n) is 4.39. The molecule has 0 aromatic heterocycles. The van der Waals surface area contributed by atoms with Gasteiger partial charge in [-0.2, -0.15) is 0 Å². The van der Waals surface area contributed by atoms with Gasteiger partial charge in [0.15, 0.2) is 0 Å². The summed E-state index contributed by atoms with van der Waals surface area (Å²) in [5, 5.41) is 3.05. The van der Waals surface area contributed by atoms with Crippen LogP contribution >= 0.6 is 0 Å². The van der Waals surface area contributed by atoms with E-state index >= 15 is 0 Å². The van der Waals surface area contributed by atoms with Crippen molar-refractivity contribution in [3.8, 4) is 0 Å². The van der Waals surface area contributed by atoms with Crippen LogP contribution in [0.1, 0.15) is 30.9 Å². The van der Waals surface area contributed by atoms with Gasteiger partial charge in [-0.3, -0.25) is 4.79 Å². The van der Waals surface area contributed by atoms with E-state index < -0.39 is 0 Å². The van der Waals surface area contributed by atoms with Gasteiger partial charge >= 0.3 is 0 Å². The lowest BCUT2D eigenvalue weighted by atomic mass is 9.88. The highest BCUT2D eigenvalue weighted by atomic mass is 16.1. The Morgan fingerprint density at radius 2 is 2.31 bits per heavy atom. The zero-order chi connectivity index (χ0) is 11.5. The maximum Gasteiger partial charge on any atom is 0.219 e. The van der Waals surface area contributed by atoms with E-state index in [0.717, 1.165) is 24.9 Å². The summed E-state index contributed by atoms with van der Waals surface area (Å²) in [5.74, 6) is 0.136. The average molecular weight is 218 g/mol. The molecule has 0 heterocycles. The van der Waals surface area contributed by atoms with Crippen LogP contribution in [-0.4, -0.2) is 11.9 Å². The number of amides is 1. The Hall–Kier alpha value is -1.51. The van der Waals surface area contributed by atoms with Gasteiger partial charge in [0.25, 0.3) is 0 Å². The minimum atomic E-state index is 0.136. The number of hydrogen-bond acceptors (Lipinski definition) is 2. The van der Waals surface area contributed by atoms with Gasteiger partial charge < -0.3 is 11.1 Å². The predicted molar refractivity (Wildman–Crippen MR) is 65.1 cm³/mol. The molecule has 1 aromatic carbocycles.